The topological polar surface area (TPSA) is 179 Å². The summed E-state index contributed by atoms with van der Waals surface area (Å²) in [5.41, 5.74) is 1.14. The summed E-state index contributed by atoms with van der Waals surface area (Å²) in [6.45, 7) is 5.49. The van der Waals surface area contributed by atoms with Crippen molar-refractivity contribution in [3.05, 3.63) is 53.6 Å². The maximum Gasteiger partial charge on any atom is 0.303 e. The van der Waals surface area contributed by atoms with Crippen LogP contribution < -0.4 is 14.8 Å². The number of esters is 4. The smallest absolute Gasteiger partial charge is 0.303 e. The van der Waals surface area contributed by atoms with E-state index in [1.807, 2.05) is 0 Å². The predicted molar refractivity (Wildman–Crippen MR) is 150 cm³/mol. The number of hydrogen-bond donors (Lipinski definition) is 1. The van der Waals surface area contributed by atoms with Gasteiger partial charge in [0, 0.05) is 44.5 Å². The zero-order valence-electron chi connectivity index (χ0n) is 24.9. The molecule has 5 atom stereocenters. The van der Waals surface area contributed by atoms with Crippen molar-refractivity contribution in [2.75, 3.05) is 19.0 Å². The second-order valence-electron chi connectivity index (χ2n) is 9.64. The Labute approximate surface area is 252 Å². The lowest BCUT2D eigenvalue weighted by atomic mass is 9.98. The highest BCUT2D eigenvalue weighted by Gasteiger charge is 2.53. The highest BCUT2D eigenvalue weighted by atomic mass is 16.7. The SMILES string of the molecule is COc1cc(C(=O)Nc2ccc(C(C)=O)cc2)ccc1OC1OC(COC(C)=O)C(OC(C)=O)C(OC(C)=O)C1OC(C)=O. The minimum absolute atomic E-state index is 0.0377. The van der Waals surface area contributed by atoms with Gasteiger partial charge in [-0.3, -0.25) is 28.8 Å². The molecular weight excluding hydrogens is 582 g/mol. The number of ketones is 1. The lowest BCUT2D eigenvalue weighted by Crippen LogP contribution is -2.63. The second-order valence-corrected chi connectivity index (χ2v) is 9.64. The molecule has 1 aliphatic heterocycles. The van der Waals surface area contributed by atoms with E-state index in [9.17, 15) is 28.8 Å². The van der Waals surface area contributed by atoms with Crippen molar-refractivity contribution in [1.82, 2.24) is 0 Å². The van der Waals surface area contributed by atoms with Crippen LogP contribution in [0.4, 0.5) is 5.69 Å². The average Bonchev–Trinajstić information content (AvgIpc) is 2.94. The van der Waals surface area contributed by atoms with Crippen LogP contribution in [0.5, 0.6) is 11.5 Å². The molecule has 236 valence electrons. The largest absolute Gasteiger partial charge is 0.493 e. The maximum atomic E-state index is 12.9. The molecule has 0 bridgehead atoms. The van der Waals surface area contributed by atoms with E-state index in [-0.39, 0.29) is 22.8 Å². The molecule has 14 heteroatoms. The molecule has 1 heterocycles. The molecule has 0 spiro atoms. The van der Waals surface area contributed by atoms with Gasteiger partial charge in [0.05, 0.1) is 7.11 Å². The van der Waals surface area contributed by atoms with Gasteiger partial charge in [0.2, 0.25) is 12.4 Å². The predicted octanol–water partition coefficient (Wildman–Crippen LogP) is 2.61. The number of hydrogen-bond acceptors (Lipinski definition) is 13. The Kier molecular flexibility index (Phi) is 11.4. The second kappa shape index (κ2) is 15.0. The number of Topliss-reactive ketones (excluding diaryl/α,β-unsaturated/α-hetero) is 1. The van der Waals surface area contributed by atoms with E-state index in [1.165, 1.54) is 32.2 Å². The molecule has 0 aliphatic carbocycles. The van der Waals surface area contributed by atoms with Crippen LogP contribution in [0.1, 0.15) is 55.3 Å². The molecule has 2 aromatic carbocycles. The van der Waals surface area contributed by atoms with Crippen LogP contribution in [0.2, 0.25) is 0 Å². The fourth-order valence-electron chi connectivity index (χ4n) is 4.31. The van der Waals surface area contributed by atoms with Gasteiger partial charge in [0.15, 0.2) is 29.5 Å². The number of methoxy groups -OCH3 is 1. The first-order valence-corrected chi connectivity index (χ1v) is 13.4. The first-order valence-electron chi connectivity index (χ1n) is 13.4. The summed E-state index contributed by atoms with van der Waals surface area (Å²) in [6, 6.07) is 10.6. The molecule has 3 rings (SSSR count). The number of carbonyl (C=O) groups excluding carboxylic acids is 6. The molecular formula is C30H33NO13. The van der Waals surface area contributed by atoms with Crippen LogP contribution in [-0.4, -0.2) is 80.0 Å². The van der Waals surface area contributed by atoms with Crippen LogP contribution in [-0.2, 0) is 42.9 Å². The maximum absolute atomic E-state index is 12.9. The summed E-state index contributed by atoms with van der Waals surface area (Å²) in [5, 5.41) is 2.72. The molecule has 1 aliphatic rings. The number of amides is 1. The number of benzene rings is 2. The van der Waals surface area contributed by atoms with Crippen molar-refractivity contribution in [3.63, 3.8) is 0 Å². The molecule has 2 aromatic rings. The molecule has 14 nitrogen and oxygen atoms in total. The monoisotopic (exact) mass is 615 g/mol. The Morgan fingerprint density at radius 1 is 0.705 bits per heavy atom. The Hall–Kier alpha value is -4.98. The Morgan fingerprint density at radius 2 is 1.27 bits per heavy atom. The van der Waals surface area contributed by atoms with Gasteiger partial charge in [-0.25, -0.2) is 0 Å². The first kappa shape index (κ1) is 33.5. The summed E-state index contributed by atoms with van der Waals surface area (Å²) < 4.78 is 38.6. The zero-order chi connectivity index (χ0) is 32.6. The molecule has 1 N–H and O–H groups in total. The van der Waals surface area contributed by atoms with Crippen molar-refractivity contribution >= 4 is 41.3 Å². The molecule has 1 fully saturated rings. The van der Waals surface area contributed by atoms with Gasteiger partial charge in [-0.2, -0.15) is 0 Å². The van der Waals surface area contributed by atoms with Gasteiger partial charge in [-0.1, -0.05) is 0 Å². The Morgan fingerprint density at radius 3 is 1.82 bits per heavy atom. The van der Waals surface area contributed by atoms with Crippen molar-refractivity contribution < 1.29 is 61.9 Å². The summed E-state index contributed by atoms with van der Waals surface area (Å²) >= 11 is 0. The van der Waals surface area contributed by atoms with Crippen LogP contribution >= 0.6 is 0 Å². The summed E-state index contributed by atoms with van der Waals surface area (Å²) in [4.78, 5) is 72.0. The minimum Gasteiger partial charge on any atom is -0.493 e. The molecule has 1 saturated heterocycles. The van der Waals surface area contributed by atoms with Gasteiger partial charge < -0.3 is 38.5 Å². The number of ether oxygens (including phenoxy) is 7. The quantitative estimate of drug-likeness (QED) is 0.222. The van der Waals surface area contributed by atoms with Crippen LogP contribution in [0, 0.1) is 0 Å². The summed E-state index contributed by atoms with van der Waals surface area (Å²) in [6.07, 6.45) is -6.94. The third-order valence-corrected chi connectivity index (χ3v) is 6.17. The number of rotatable bonds is 11. The fourth-order valence-corrected chi connectivity index (χ4v) is 4.31. The lowest BCUT2D eigenvalue weighted by Gasteiger charge is -2.44. The summed E-state index contributed by atoms with van der Waals surface area (Å²) in [7, 11) is 1.33. The van der Waals surface area contributed by atoms with Gasteiger partial charge in [-0.05, 0) is 49.4 Å². The van der Waals surface area contributed by atoms with Crippen molar-refractivity contribution in [2.24, 2.45) is 0 Å². The fraction of sp³-hybridized carbons (Fsp3) is 0.400. The van der Waals surface area contributed by atoms with Crippen molar-refractivity contribution in [1.29, 1.82) is 0 Å². The number of anilines is 1. The standard InChI is InChI=1S/C30H33NO13/c1-15(32)20-7-10-22(11-8-20)31-29(37)21-9-12-23(24(13-21)38-6)43-30-28(42-19(5)36)27(41-18(4)35)26(40-17(3)34)25(44-30)14-39-16(2)33/h7-13,25-28,30H,14H2,1-6H3,(H,31,37). The molecule has 1 amide bonds. The Balaban J connectivity index is 1.93. The van der Waals surface area contributed by atoms with Gasteiger partial charge in [0.25, 0.3) is 5.91 Å². The molecule has 0 saturated carbocycles. The van der Waals surface area contributed by atoms with Crippen molar-refractivity contribution in [2.45, 2.75) is 65.3 Å². The number of nitrogens with one attached hydrogen (secondary N) is 1. The third kappa shape index (κ3) is 9.01. The van der Waals surface area contributed by atoms with E-state index < -0.39 is 67.1 Å². The van der Waals surface area contributed by atoms with E-state index >= 15 is 0 Å². The van der Waals surface area contributed by atoms with E-state index in [0.29, 0.717) is 11.3 Å². The third-order valence-electron chi connectivity index (χ3n) is 6.17. The van der Waals surface area contributed by atoms with Gasteiger partial charge in [-0.15, -0.1) is 0 Å². The first-order chi connectivity index (χ1) is 20.8. The normalized spacial score (nSPS) is 20.8. The molecule has 0 radical (unpaired) electrons. The Bertz CT molecular complexity index is 1400. The summed E-state index contributed by atoms with van der Waals surface area (Å²) in [5.74, 6) is -3.50. The molecule has 44 heavy (non-hydrogen) atoms. The highest BCUT2D eigenvalue weighted by Crippen LogP contribution is 2.35. The highest BCUT2D eigenvalue weighted by molar-refractivity contribution is 6.05. The molecule has 0 aromatic heterocycles. The van der Waals surface area contributed by atoms with E-state index in [1.54, 1.807) is 24.3 Å². The average molecular weight is 616 g/mol. The van der Waals surface area contributed by atoms with E-state index in [0.717, 1.165) is 27.7 Å². The lowest BCUT2D eigenvalue weighted by molar-refractivity contribution is -0.288. The van der Waals surface area contributed by atoms with Gasteiger partial charge >= 0.3 is 23.9 Å². The zero-order valence-corrected chi connectivity index (χ0v) is 24.9. The van der Waals surface area contributed by atoms with Crippen LogP contribution in [0.25, 0.3) is 0 Å². The van der Waals surface area contributed by atoms with E-state index in [4.69, 9.17) is 33.2 Å². The molecule has 5 unspecified atom stereocenters. The van der Waals surface area contributed by atoms with Crippen LogP contribution in [0.15, 0.2) is 42.5 Å². The van der Waals surface area contributed by atoms with Crippen LogP contribution in [0.3, 0.4) is 0 Å². The van der Waals surface area contributed by atoms with Gasteiger partial charge in [0.1, 0.15) is 12.7 Å². The van der Waals surface area contributed by atoms with E-state index in [2.05, 4.69) is 5.32 Å². The minimum atomic E-state index is -1.50. The van der Waals surface area contributed by atoms with Crippen molar-refractivity contribution in [3.8, 4) is 11.5 Å². The number of carbonyl (C=O) groups is 6.